The molecular formula is C26H28ClN7O4S2. The second kappa shape index (κ2) is 10.9. The number of methoxy groups -OCH3 is 2. The number of hydrogen-bond donors (Lipinski definition) is 1. The van der Waals surface area contributed by atoms with Gasteiger partial charge in [0.25, 0.3) is 0 Å². The van der Waals surface area contributed by atoms with Crippen LogP contribution >= 0.6 is 34.3 Å². The summed E-state index contributed by atoms with van der Waals surface area (Å²) in [4.78, 5) is 8.90. The molecule has 4 aromatic heterocycles. The van der Waals surface area contributed by atoms with Gasteiger partial charge in [0.2, 0.25) is 0 Å². The molecule has 0 spiro atoms. The number of aryl methyl sites for hydroxylation is 2. The first-order valence-electron chi connectivity index (χ1n) is 12.6. The average Bonchev–Trinajstić information content (AvgIpc) is 3.72. The van der Waals surface area contributed by atoms with Crippen LogP contribution in [0.25, 0.3) is 26.6 Å². The highest BCUT2D eigenvalue weighted by Gasteiger charge is 2.51. The number of aliphatic hydroxyl groups is 1. The molecule has 1 N–H and O–H groups in total. The number of halogens is 1. The van der Waals surface area contributed by atoms with Gasteiger partial charge in [0.05, 0.1) is 44.6 Å². The van der Waals surface area contributed by atoms with Crippen molar-refractivity contribution < 1.29 is 19.3 Å². The molecule has 1 aliphatic heterocycles. The summed E-state index contributed by atoms with van der Waals surface area (Å²) < 4.78 is 23.3. The van der Waals surface area contributed by atoms with Gasteiger partial charge in [-0.1, -0.05) is 16.8 Å². The van der Waals surface area contributed by atoms with E-state index in [1.807, 2.05) is 36.7 Å². The zero-order valence-corrected chi connectivity index (χ0v) is 24.8. The number of rotatable bonds is 7. The van der Waals surface area contributed by atoms with Gasteiger partial charge in [-0.3, -0.25) is 0 Å². The summed E-state index contributed by atoms with van der Waals surface area (Å²) in [6, 6.07) is 7.54. The lowest BCUT2D eigenvalue weighted by Crippen LogP contribution is -2.56. The van der Waals surface area contributed by atoms with Crippen LogP contribution in [-0.2, 0) is 14.2 Å². The van der Waals surface area contributed by atoms with Crippen LogP contribution in [0.4, 0.5) is 0 Å². The number of aliphatic hydroxyl groups excluding tert-OH is 1. The van der Waals surface area contributed by atoms with E-state index < -0.39 is 36.6 Å². The van der Waals surface area contributed by atoms with E-state index in [2.05, 4.69) is 26.3 Å². The fourth-order valence-corrected chi connectivity index (χ4v) is 7.09. The van der Waals surface area contributed by atoms with Crippen molar-refractivity contribution >= 4 is 44.5 Å². The Kier molecular flexibility index (Phi) is 7.46. The number of nitrogens with zero attached hydrogens (tertiary/aromatic N) is 7. The highest BCUT2D eigenvalue weighted by atomic mass is 35.5. The summed E-state index contributed by atoms with van der Waals surface area (Å²) in [7, 11) is 3.21. The number of hydrogen-bond acceptors (Lipinski definition) is 11. The Morgan fingerprint density at radius 3 is 2.62 bits per heavy atom. The van der Waals surface area contributed by atoms with E-state index in [-0.39, 0.29) is 0 Å². The van der Waals surface area contributed by atoms with Gasteiger partial charge in [0, 0.05) is 19.6 Å². The lowest BCUT2D eigenvalue weighted by Gasteiger charge is -2.46. The Bertz CT molecular complexity index is 1650. The monoisotopic (exact) mass is 601 g/mol. The molecule has 11 nitrogen and oxygen atoms in total. The predicted molar refractivity (Wildman–Crippen MR) is 152 cm³/mol. The molecule has 0 aliphatic carbocycles. The highest BCUT2D eigenvalue weighted by Crippen LogP contribution is 2.43. The normalized spacial score (nSPS) is 24.1. The fraction of sp³-hybridized carbons (Fsp3) is 0.423. The van der Waals surface area contributed by atoms with Gasteiger partial charge in [0.1, 0.15) is 46.3 Å². The largest absolute Gasteiger partial charge is 0.391 e. The van der Waals surface area contributed by atoms with Crippen molar-refractivity contribution in [3.8, 4) is 16.4 Å². The zero-order chi connectivity index (χ0) is 28.1. The van der Waals surface area contributed by atoms with Crippen LogP contribution in [0.2, 0.25) is 5.15 Å². The van der Waals surface area contributed by atoms with Gasteiger partial charge >= 0.3 is 0 Å². The van der Waals surface area contributed by atoms with E-state index in [1.54, 1.807) is 48.7 Å². The van der Waals surface area contributed by atoms with E-state index in [1.165, 1.54) is 11.3 Å². The maximum absolute atomic E-state index is 10.8. The molecule has 1 saturated heterocycles. The summed E-state index contributed by atoms with van der Waals surface area (Å²) in [6.07, 6.45) is -1.53. The van der Waals surface area contributed by atoms with Crippen LogP contribution < -0.4 is 0 Å². The van der Waals surface area contributed by atoms with Crippen molar-refractivity contribution in [1.29, 1.82) is 0 Å². The topological polar surface area (TPSA) is 122 Å². The minimum Gasteiger partial charge on any atom is -0.391 e. The van der Waals surface area contributed by atoms with Crippen molar-refractivity contribution in [2.75, 3.05) is 14.2 Å². The van der Waals surface area contributed by atoms with Gasteiger partial charge in [-0.15, -0.1) is 27.8 Å². The first kappa shape index (κ1) is 27.4. The Hall–Kier alpha value is -2.78. The Balaban J connectivity index is 1.45. The van der Waals surface area contributed by atoms with E-state index in [4.69, 9.17) is 30.9 Å². The van der Waals surface area contributed by atoms with Crippen molar-refractivity contribution in [3.63, 3.8) is 0 Å². The molecule has 5 aromatic rings. The molecule has 14 heteroatoms. The quantitative estimate of drug-likeness (QED) is 0.286. The number of thiazole rings is 2. The predicted octanol–water partition coefficient (Wildman–Crippen LogP) is 4.56. The number of aromatic nitrogens is 7. The van der Waals surface area contributed by atoms with E-state index in [0.29, 0.717) is 15.9 Å². The fourth-order valence-electron chi connectivity index (χ4n) is 5.33. The van der Waals surface area contributed by atoms with Crippen LogP contribution in [0.1, 0.15) is 35.5 Å². The second-order valence-electron chi connectivity index (χ2n) is 9.72. The van der Waals surface area contributed by atoms with Crippen LogP contribution in [0.3, 0.4) is 0 Å². The van der Waals surface area contributed by atoms with Crippen LogP contribution in [0.5, 0.6) is 0 Å². The molecule has 0 radical (unpaired) electrons. The maximum Gasteiger partial charge on any atom is 0.147 e. The van der Waals surface area contributed by atoms with Gasteiger partial charge in [-0.05, 0) is 45.0 Å². The van der Waals surface area contributed by atoms with Crippen LogP contribution in [0, 0.1) is 13.8 Å². The molecule has 210 valence electrons. The van der Waals surface area contributed by atoms with Crippen LogP contribution in [-0.4, -0.2) is 78.5 Å². The zero-order valence-electron chi connectivity index (χ0n) is 22.4. The molecule has 4 unspecified atom stereocenters. The minimum atomic E-state index is -0.845. The highest BCUT2D eigenvalue weighted by molar-refractivity contribution is 7.18. The van der Waals surface area contributed by atoms with Crippen LogP contribution in [0.15, 0.2) is 35.8 Å². The summed E-state index contributed by atoms with van der Waals surface area (Å²) in [5.74, 6) is 0. The summed E-state index contributed by atoms with van der Waals surface area (Å²) in [5, 5.41) is 28.2. The standard InChI is InChI=1S/C26H28ClN7O4S2/c1-12-8-18(34(31-12)15-6-7-16-19(9-15)40-14(3)28-16)23-25(37-5)21(24(36-4)22(38-23)13(2)35)33-10-17(30-32-33)26-29-20(27)11-39-26/h6-11,13,21-25,35H,1-5H3/t13?,21?,22?,23-,24+,25?/m0/s1. The lowest BCUT2D eigenvalue weighted by atomic mass is 9.88. The molecule has 1 aromatic carbocycles. The Morgan fingerprint density at radius 2 is 1.93 bits per heavy atom. The van der Waals surface area contributed by atoms with Crippen molar-refractivity contribution in [1.82, 2.24) is 34.7 Å². The molecular weight excluding hydrogens is 574 g/mol. The van der Waals surface area contributed by atoms with E-state index in [0.717, 1.165) is 32.3 Å². The van der Waals surface area contributed by atoms with Gasteiger partial charge < -0.3 is 19.3 Å². The first-order valence-corrected chi connectivity index (χ1v) is 14.7. The average molecular weight is 602 g/mol. The lowest BCUT2D eigenvalue weighted by molar-refractivity contribution is -0.235. The molecule has 0 amide bonds. The maximum atomic E-state index is 10.8. The second-order valence-corrected chi connectivity index (χ2v) is 12.2. The summed E-state index contributed by atoms with van der Waals surface area (Å²) in [5.41, 5.74) is 3.99. The molecule has 6 atom stereocenters. The van der Waals surface area contributed by atoms with E-state index in [9.17, 15) is 5.11 Å². The third kappa shape index (κ3) is 4.85. The smallest absolute Gasteiger partial charge is 0.147 e. The molecule has 40 heavy (non-hydrogen) atoms. The molecule has 0 bridgehead atoms. The van der Waals surface area contributed by atoms with Gasteiger partial charge in [-0.2, -0.15) is 5.10 Å². The minimum absolute atomic E-state index is 0.398. The van der Waals surface area contributed by atoms with Crippen molar-refractivity contribution in [2.24, 2.45) is 0 Å². The molecule has 1 aliphatic rings. The molecule has 0 saturated carbocycles. The van der Waals surface area contributed by atoms with Crippen molar-refractivity contribution in [3.05, 3.63) is 57.4 Å². The van der Waals surface area contributed by atoms with E-state index >= 15 is 0 Å². The third-order valence-electron chi connectivity index (χ3n) is 7.00. The Morgan fingerprint density at radius 1 is 1.12 bits per heavy atom. The number of ether oxygens (including phenoxy) is 3. The first-order chi connectivity index (χ1) is 19.3. The summed E-state index contributed by atoms with van der Waals surface area (Å²) in [6.45, 7) is 5.61. The molecule has 1 fully saturated rings. The molecule has 6 rings (SSSR count). The third-order valence-corrected chi connectivity index (χ3v) is 9.13. The van der Waals surface area contributed by atoms with Gasteiger partial charge in [0.15, 0.2) is 0 Å². The number of fused-ring (bicyclic) bond motifs is 1. The van der Waals surface area contributed by atoms with Crippen molar-refractivity contribution in [2.45, 2.75) is 57.3 Å². The molecule has 5 heterocycles. The summed E-state index contributed by atoms with van der Waals surface area (Å²) >= 11 is 9.06. The Labute approximate surface area is 243 Å². The SMILES string of the molecule is COC1C(n2cc(-c3nc(Cl)cs3)nn2)[C@@H](OC)C(C(C)O)O[C@H]1c1cc(C)nn1-c1ccc2nc(C)sc2c1. The van der Waals surface area contributed by atoms with Gasteiger partial charge in [-0.25, -0.2) is 19.3 Å². The number of benzene rings is 1.